The second kappa shape index (κ2) is 2.91. The summed E-state index contributed by atoms with van der Waals surface area (Å²) in [6, 6.07) is 0. The molecule has 0 bridgehead atoms. The lowest BCUT2D eigenvalue weighted by molar-refractivity contribution is -0.261. The highest BCUT2D eigenvalue weighted by Crippen LogP contribution is 2.38. The SMILES string of the molecule is CC(C)(C)C[C@](C)(O)C(F)(F)F. The van der Waals surface area contributed by atoms with Gasteiger partial charge < -0.3 is 5.11 Å². The van der Waals surface area contributed by atoms with Crippen molar-refractivity contribution in [1.29, 1.82) is 0 Å². The Labute approximate surface area is 70.6 Å². The summed E-state index contributed by atoms with van der Waals surface area (Å²) in [6.45, 7) is 5.78. The van der Waals surface area contributed by atoms with Crippen LogP contribution in [0.3, 0.4) is 0 Å². The maximum atomic E-state index is 12.1. The summed E-state index contributed by atoms with van der Waals surface area (Å²) in [7, 11) is 0. The highest BCUT2D eigenvalue weighted by molar-refractivity contribution is 4.85. The van der Waals surface area contributed by atoms with Gasteiger partial charge in [0.1, 0.15) is 0 Å². The molecule has 0 amide bonds. The number of rotatable bonds is 1. The average molecular weight is 184 g/mol. The van der Waals surface area contributed by atoms with Gasteiger partial charge in [0.2, 0.25) is 0 Å². The lowest BCUT2D eigenvalue weighted by Gasteiger charge is -2.32. The maximum absolute atomic E-state index is 12.1. The first kappa shape index (κ1) is 11.8. The predicted octanol–water partition coefficient (Wildman–Crippen LogP) is 2.74. The van der Waals surface area contributed by atoms with E-state index in [9.17, 15) is 13.2 Å². The molecule has 0 heterocycles. The molecular weight excluding hydrogens is 169 g/mol. The lowest BCUT2D eigenvalue weighted by Crippen LogP contribution is -2.44. The van der Waals surface area contributed by atoms with Crippen molar-refractivity contribution in [3.8, 4) is 0 Å². The van der Waals surface area contributed by atoms with Crippen LogP contribution in [0.15, 0.2) is 0 Å². The summed E-state index contributed by atoms with van der Waals surface area (Å²) in [5, 5.41) is 9.06. The van der Waals surface area contributed by atoms with E-state index in [0.29, 0.717) is 0 Å². The first-order valence-corrected chi connectivity index (χ1v) is 3.75. The molecule has 0 aromatic heterocycles. The van der Waals surface area contributed by atoms with Crippen LogP contribution in [0, 0.1) is 5.41 Å². The zero-order valence-electron chi connectivity index (χ0n) is 7.79. The Balaban J connectivity index is 4.44. The first-order chi connectivity index (χ1) is 4.96. The van der Waals surface area contributed by atoms with Crippen molar-refractivity contribution < 1.29 is 18.3 Å². The molecule has 4 heteroatoms. The molecule has 0 aliphatic heterocycles. The Morgan fingerprint density at radius 3 is 1.42 bits per heavy atom. The molecule has 0 aromatic rings. The summed E-state index contributed by atoms with van der Waals surface area (Å²) < 4.78 is 36.3. The van der Waals surface area contributed by atoms with Gasteiger partial charge in [-0.2, -0.15) is 13.2 Å². The first-order valence-electron chi connectivity index (χ1n) is 3.75. The van der Waals surface area contributed by atoms with E-state index in [1.54, 1.807) is 20.8 Å². The summed E-state index contributed by atoms with van der Waals surface area (Å²) in [6.07, 6.45) is -4.83. The molecule has 0 rings (SSSR count). The van der Waals surface area contributed by atoms with Crippen LogP contribution in [0.1, 0.15) is 34.1 Å². The fourth-order valence-electron chi connectivity index (χ4n) is 1.13. The fourth-order valence-corrected chi connectivity index (χ4v) is 1.13. The van der Waals surface area contributed by atoms with Gasteiger partial charge in [-0.1, -0.05) is 20.8 Å². The van der Waals surface area contributed by atoms with Crippen molar-refractivity contribution in [2.24, 2.45) is 5.41 Å². The van der Waals surface area contributed by atoms with Crippen molar-refractivity contribution in [3.05, 3.63) is 0 Å². The van der Waals surface area contributed by atoms with Crippen LogP contribution in [0.4, 0.5) is 13.2 Å². The molecule has 0 spiro atoms. The standard InChI is InChI=1S/C8H15F3O/c1-6(2,3)5-7(4,12)8(9,10)11/h12H,5H2,1-4H3/t7-/m0/s1. The summed E-state index contributed by atoms with van der Waals surface area (Å²) >= 11 is 0. The third-order valence-corrected chi connectivity index (χ3v) is 1.49. The highest BCUT2D eigenvalue weighted by Gasteiger charge is 2.51. The topological polar surface area (TPSA) is 20.2 Å². The van der Waals surface area contributed by atoms with Gasteiger partial charge in [0.25, 0.3) is 0 Å². The van der Waals surface area contributed by atoms with Gasteiger partial charge in [-0.25, -0.2) is 0 Å². The third kappa shape index (κ3) is 3.43. The normalized spacial score (nSPS) is 19.0. The number of halogens is 3. The van der Waals surface area contributed by atoms with Gasteiger partial charge in [0.15, 0.2) is 5.60 Å². The molecule has 0 saturated heterocycles. The van der Waals surface area contributed by atoms with Crippen molar-refractivity contribution >= 4 is 0 Å². The van der Waals surface area contributed by atoms with Crippen LogP contribution in [0.5, 0.6) is 0 Å². The molecule has 0 saturated carbocycles. The average Bonchev–Trinajstić information content (AvgIpc) is 1.52. The van der Waals surface area contributed by atoms with E-state index in [-0.39, 0.29) is 6.42 Å². The Kier molecular flexibility index (Phi) is 2.85. The van der Waals surface area contributed by atoms with E-state index in [1.807, 2.05) is 0 Å². The molecule has 0 aromatic carbocycles. The van der Waals surface area contributed by atoms with E-state index in [4.69, 9.17) is 5.11 Å². The monoisotopic (exact) mass is 184 g/mol. The van der Waals surface area contributed by atoms with Crippen LogP contribution < -0.4 is 0 Å². The second-order valence-corrected chi connectivity index (χ2v) is 4.51. The largest absolute Gasteiger partial charge is 0.416 e. The van der Waals surface area contributed by atoms with Crippen LogP contribution in [0.2, 0.25) is 0 Å². The molecule has 0 fully saturated rings. The third-order valence-electron chi connectivity index (χ3n) is 1.49. The molecule has 0 aliphatic carbocycles. The minimum Gasteiger partial charge on any atom is -0.381 e. The predicted molar refractivity (Wildman–Crippen MR) is 40.8 cm³/mol. The molecule has 1 atom stereocenters. The Morgan fingerprint density at radius 2 is 1.33 bits per heavy atom. The number of alkyl halides is 3. The van der Waals surface area contributed by atoms with Crippen LogP contribution in [0.25, 0.3) is 0 Å². The van der Waals surface area contributed by atoms with E-state index < -0.39 is 17.2 Å². The summed E-state index contributed by atoms with van der Waals surface area (Å²) in [5.41, 5.74) is -3.11. The minimum absolute atomic E-state index is 0.288. The van der Waals surface area contributed by atoms with Gasteiger partial charge in [0, 0.05) is 0 Å². The zero-order valence-corrected chi connectivity index (χ0v) is 7.79. The quantitative estimate of drug-likeness (QED) is 0.664. The fraction of sp³-hybridized carbons (Fsp3) is 1.00. The van der Waals surface area contributed by atoms with Gasteiger partial charge in [-0.05, 0) is 18.8 Å². The smallest absolute Gasteiger partial charge is 0.381 e. The summed E-state index contributed by atoms with van der Waals surface area (Å²) in [5.74, 6) is 0. The van der Waals surface area contributed by atoms with Crippen LogP contribution in [-0.2, 0) is 0 Å². The van der Waals surface area contributed by atoms with E-state index in [1.165, 1.54) is 0 Å². The molecule has 0 unspecified atom stereocenters. The van der Waals surface area contributed by atoms with E-state index in [2.05, 4.69) is 0 Å². The lowest BCUT2D eigenvalue weighted by atomic mass is 9.82. The van der Waals surface area contributed by atoms with E-state index in [0.717, 1.165) is 6.92 Å². The van der Waals surface area contributed by atoms with Gasteiger partial charge >= 0.3 is 6.18 Å². The Hall–Kier alpha value is -0.250. The number of hydrogen-bond donors (Lipinski definition) is 1. The molecular formula is C8H15F3O. The molecule has 0 aliphatic rings. The Morgan fingerprint density at radius 1 is 1.00 bits per heavy atom. The minimum atomic E-state index is -4.54. The van der Waals surface area contributed by atoms with Crippen molar-refractivity contribution in [2.75, 3.05) is 0 Å². The molecule has 74 valence electrons. The van der Waals surface area contributed by atoms with E-state index >= 15 is 0 Å². The molecule has 12 heavy (non-hydrogen) atoms. The van der Waals surface area contributed by atoms with Crippen LogP contribution >= 0.6 is 0 Å². The van der Waals surface area contributed by atoms with Crippen molar-refractivity contribution in [3.63, 3.8) is 0 Å². The van der Waals surface area contributed by atoms with Gasteiger partial charge in [-0.3, -0.25) is 0 Å². The Bertz CT molecular complexity index is 153. The van der Waals surface area contributed by atoms with Crippen molar-refractivity contribution in [1.82, 2.24) is 0 Å². The second-order valence-electron chi connectivity index (χ2n) is 4.51. The van der Waals surface area contributed by atoms with Crippen LogP contribution in [-0.4, -0.2) is 16.9 Å². The van der Waals surface area contributed by atoms with Crippen molar-refractivity contribution in [2.45, 2.75) is 45.9 Å². The maximum Gasteiger partial charge on any atom is 0.416 e. The zero-order chi connectivity index (χ0) is 10.2. The molecule has 1 N–H and O–H groups in total. The van der Waals surface area contributed by atoms with Gasteiger partial charge in [-0.15, -0.1) is 0 Å². The number of aliphatic hydroxyl groups is 1. The van der Waals surface area contributed by atoms with Gasteiger partial charge in [0.05, 0.1) is 0 Å². The summed E-state index contributed by atoms with van der Waals surface area (Å²) in [4.78, 5) is 0. The molecule has 1 nitrogen and oxygen atoms in total. The highest BCUT2D eigenvalue weighted by atomic mass is 19.4. The molecule has 0 radical (unpaired) electrons. The number of hydrogen-bond acceptors (Lipinski definition) is 1.